The largest absolute Gasteiger partial charge is 0.547 e. The highest BCUT2D eigenvalue weighted by molar-refractivity contribution is 6.47. The predicted octanol–water partition coefficient (Wildman–Crippen LogP) is 1.06. The van der Waals surface area contributed by atoms with Crippen molar-refractivity contribution in [2.75, 3.05) is 20.1 Å². The summed E-state index contributed by atoms with van der Waals surface area (Å²) >= 11 is 0. The lowest BCUT2D eigenvalue weighted by atomic mass is 9.72. The van der Waals surface area contributed by atoms with Gasteiger partial charge in [-0.2, -0.15) is 0 Å². The number of para-hydroxylation sites is 1. The third-order valence-corrected chi connectivity index (χ3v) is 7.94. The summed E-state index contributed by atoms with van der Waals surface area (Å²) in [6.45, 7) is 1.66. The van der Waals surface area contributed by atoms with E-state index in [2.05, 4.69) is 17.3 Å². The van der Waals surface area contributed by atoms with Gasteiger partial charge in [0.2, 0.25) is 5.91 Å². The lowest BCUT2D eigenvalue weighted by Gasteiger charge is -2.42. The molecule has 0 aromatic heterocycles. The van der Waals surface area contributed by atoms with Crippen LogP contribution in [0.3, 0.4) is 0 Å². The van der Waals surface area contributed by atoms with Gasteiger partial charge in [0.15, 0.2) is 5.96 Å². The molecule has 0 unspecified atom stereocenters. The molecule has 0 radical (unpaired) electrons. The van der Waals surface area contributed by atoms with E-state index >= 15 is 0 Å². The van der Waals surface area contributed by atoms with Gasteiger partial charge in [-0.15, -0.1) is 0 Å². The van der Waals surface area contributed by atoms with Crippen LogP contribution >= 0.6 is 0 Å². The molecule has 10 nitrogen and oxygen atoms in total. The van der Waals surface area contributed by atoms with Crippen molar-refractivity contribution < 1.29 is 24.4 Å². The number of benzene rings is 1. The molecule has 1 atom stereocenters. The summed E-state index contributed by atoms with van der Waals surface area (Å²) < 4.78 is 5.48. The van der Waals surface area contributed by atoms with Crippen molar-refractivity contribution in [3.05, 3.63) is 29.3 Å². The predicted molar refractivity (Wildman–Crippen MR) is 132 cm³/mol. The molecule has 1 saturated heterocycles. The van der Waals surface area contributed by atoms with Gasteiger partial charge in [0.05, 0.1) is 11.5 Å². The fraction of sp³-hybridized carbons (Fsp3) is 0.625. The van der Waals surface area contributed by atoms with Crippen LogP contribution in [0.2, 0.25) is 0 Å². The van der Waals surface area contributed by atoms with Gasteiger partial charge in [-0.1, -0.05) is 12.1 Å². The molecule has 3 aliphatic rings. The first-order chi connectivity index (χ1) is 16.7. The van der Waals surface area contributed by atoms with Gasteiger partial charge in [0.1, 0.15) is 5.75 Å². The number of aromatic carboxylic acids is 1. The molecule has 1 amide bonds. The maximum absolute atomic E-state index is 12.7. The Hall–Kier alpha value is -2.79. The van der Waals surface area contributed by atoms with Gasteiger partial charge in [0.25, 0.3) is 0 Å². The van der Waals surface area contributed by atoms with Crippen molar-refractivity contribution >= 4 is 25.0 Å². The maximum atomic E-state index is 12.7. The highest BCUT2D eigenvalue weighted by Gasteiger charge is 2.38. The van der Waals surface area contributed by atoms with Crippen molar-refractivity contribution in [1.29, 1.82) is 5.41 Å². The summed E-state index contributed by atoms with van der Waals surface area (Å²) in [6.07, 6.45) is 6.86. The van der Waals surface area contributed by atoms with E-state index in [4.69, 9.17) is 15.8 Å². The topological polar surface area (TPSA) is 152 Å². The Balaban J connectivity index is 1.23. The monoisotopic (exact) mass is 485 g/mol. The van der Waals surface area contributed by atoms with Crippen molar-refractivity contribution in [2.24, 2.45) is 11.7 Å². The average Bonchev–Trinajstić information content (AvgIpc) is 2.84. The zero-order valence-electron chi connectivity index (χ0n) is 20.3. The molecule has 1 saturated carbocycles. The van der Waals surface area contributed by atoms with E-state index in [1.807, 2.05) is 4.90 Å². The number of fused-ring (bicyclic) bond motifs is 1. The standard InChI is InChI=1S/C24H36BN5O5/c1-29(18-9-11-30(12-10-18)24(26)27)17-7-5-15(6-8-17)13-21(31)28-20-14-16-3-2-4-19(23(32)33)22(16)35-25(20)34/h2-4,15,17-18,20,34H,5-14H2,1H3,(H3,26,27)(H,28,31)(H,32,33)/t15?,17?,20-/m0/s1. The molecular formula is C24H36BN5O5. The van der Waals surface area contributed by atoms with Crippen molar-refractivity contribution in [3.8, 4) is 5.75 Å². The fourth-order valence-corrected chi connectivity index (χ4v) is 5.81. The summed E-state index contributed by atoms with van der Waals surface area (Å²) in [5.41, 5.74) is 6.29. The number of nitrogens with two attached hydrogens (primary N) is 1. The number of nitrogens with zero attached hydrogens (tertiary/aromatic N) is 2. The number of hydrogen-bond acceptors (Lipinski definition) is 6. The Bertz CT molecular complexity index is 946. The van der Waals surface area contributed by atoms with Gasteiger partial charge in [-0.3, -0.25) is 10.2 Å². The molecule has 2 aliphatic heterocycles. The number of nitrogens with one attached hydrogen (secondary N) is 2. The average molecular weight is 485 g/mol. The molecule has 1 aliphatic carbocycles. The molecule has 0 spiro atoms. The molecule has 1 aromatic carbocycles. The van der Waals surface area contributed by atoms with Crippen LogP contribution in [0.4, 0.5) is 0 Å². The summed E-state index contributed by atoms with van der Waals surface area (Å²) in [6, 6.07) is 5.86. The van der Waals surface area contributed by atoms with Crippen molar-refractivity contribution in [1.82, 2.24) is 15.1 Å². The number of piperidine rings is 1. The van der Waals surface area contributed by atoms with E-state index in [1.54, 1.807) is 12.1 Å². The molecule has 6 N–H and O–H groups in total. The Morgan fingerprint density at radius 1 is 1.20 bits per heavy atom. The number of amides is 1. The van der Waals surface area contributed by atoms with Crippen LogP contribution in [0.25, 0.3) is 0 Å². The number of guanidine groups is 1. The minimum atomic E-state index is -1.29. The molecule has 11 heteroatoms. The third kappa shape index (κ3) is 5.90. The highest BCUT2D eigenvalue weighted by atomic mass is 16.5. The highest BCUT2D eigenvalue weighted by Crippen LogP contribution is 2.33. The second kappa shape index (κ2) is 10.9. The normalized spacial score (nSPS) is 25.1. The Kier molecular flexibility index (Phi) is 7.86. The van der Waals surface area contributed by atoms with E-state index in [9.17, 15) is 19.7 Å². The summed E-state index contributed by atoms with van der Waals surface area (Å²) in [4.78, 5) is 28.6. The van der Waals surface area contributed by atoms with Crippen LogP contribution in [-0.4, -0.2) is 83.0 Å². The molecule has 4 rings (SSSR count). The lowest BCUT2D eigenvalue weighted by molar-refractivity contribution is -0.122. The SMILES string of the molecule is CN(C1CCC(CC(=O)N[C@H]2Cc3cccc(C(=O)O)c3OB2O)CC1)C1CCN(C(=N)N)CC1. The van der Waals surface area contributed by atoms with Gasteiger partial charge in [-0.05, 0) is 69.5 Å². The second-order valence-electron chi connectivity index (χ2n) is 10.1. The quantitative estimate of drug-likeness (QED) is 0.228. The number of carboxylic acids is 1. The smallest absolute Gasteiger partial charge is 0.534 e. The van der Waals surface area contributed by atoms with Crippen LogP contribution in [0.1, 0.15) is 60.9 Å². The Labute approximate surface area is 206 Å². The molecule has 190 valence electrons. The van der Waals surface area contributed by atoms with Crippen LogP contribution in [0, 0.1) is 11.3 Å². The number of likely N-dealkylation sites (tertiary alicyclic amines) is 1. The van der Waals surface area contributed by atoms with Gasteiger partial charge >= 0.3 is 13.1 Å². The third-order valence-electron chi connectivity index (χ3n) is 7.94. The summed E-state index contributed by atoms with van der Waals surface area (Å²) in [5, 5.41) is 30.2. The number of carbonyl (C=O) groups excluding carboxylic acids is 1. The van der Waals surface area contributed by atoms with E-state index < -0.39 is 19.0 Å². The van der Waals surface area contributed by atoms with Gasteiger partial charge < -0.3 is 35.6 Å². The van der Waals surface area contributed by atoms with Crippen molar-refractivity contribution in [2.45, 2.75) is 69.4 Å². The van der Waals surface area contributed by atoms with E-state index in [1.165, 1.54) is 6.07 Å². The van der Waals surface area contributed by atoms with E-state index in [0.717, 1.165) is 51.6 Å². The van der Waals surface area contributed by atoms with Crippen LogP contribution in [-0.2, 0) is 11.2 Å². The van der Waals surface area contributed by atoms with E-state index in [0.29, 0.717) is 36.4 Å². The zero-order valence-corrected chi connectivity index (χ0v) is 20.3. The molecular weight excluding hydrogens is 449 g/mol. The lowest BCUT2D eigenvalue weighted by Crippen LogP contribution is -2.53. The molecule has 2 fully saturated rings. The second-order valence-corrected chi connectivity index (χ2v) is 10.1. The fourth-order valence-electron chi connectivity index (χ4n) is 5.81. The maximum Gasteiger partial charge on any atom is 0.547 e. The van der Waals surface area contributed by atoms with Crippen LogP contribution in [0.5, 0.6) is 5.75 Å². The number of hydrogen-bond donors (Lipinski definition) is 5. The molecule has 0 bridgehead atoms. The molecule has 2 heterocycles. The van der Waals surface area contributed by atoms with Crippen LogP contribution in [0.15, 0.2) is 18.2 Å². The number of carboxylic acid groups (broad SMARTS) is 1. The minimum absolute atomic E-state index is 0.0115. The summed E-state index contributed by atoms with van der Waals surface area (Å²) in [7, 11) is 0.912. The molecule has 1 aromatic rings. The summed E-state index contributed by atoms with van der Waals surface area (Å²) in [5.74, 6) is -1.18. The van der Waals surface area contributed by atoms with Gasteiger partial charge in [0, 0.05) is 31.6 Å². The molecule has 35 heavy (non-hydrogen) atoms. The van der Waals surface area contributed by atoms with Crippen LogP contribution < -0.4 is 15.7 Å². The first-order valence-electron chi connectivity index (χ1n) is 12.5. The zero-order chi connectivity index (χ0) is 25.1. The first kappa shape index (κ1) is 25.3. The Morgan fingerprint density at radius 2 is 1.86 bits per heavy atom. The number of carbonyl (C=O) groups is 2. The number of rotatable bonds is 6. The van der Waals surface area contributed by atoms with Crippen molar-refractivity contribution in [3.63, 3.8) is 0 Å². The first-order valence-corrected chi connectivity index (χ1v) is 12.5. The minimum Gasteiger partial charge on any atom is -0.534 e. The van der Waals surface area contributed by atoms with E-state index in [-0.39, 0.29) is 23.2 Å². The van der Waals surface area contributed by atoms with Gasteiger partial charge in [-0.25, -0.2) is 4.79 Å². The Morgan fingerprint density at radius 3 is 2.49 bits per heavy atom.